The van der Waals surface area contributed by atoms with Crippen molar-refractivity contribution in [2.24, 2.45) is 11.8 Å². The third-order valence-corrected chi connectivity index (χ3v) is 5.71. The maximum atomic E-state index is 11.3. The van der Waals surface area contributed by atoms with Crippen LogP contribution in [0.15, 0.2) is 0 Å². The Balaban J connectivity index is 1.81. The van der Waals surface area contributed by atoms with Crippen molar-refractivity contribution in [1.29, 1.82) is 0 Å². The minimum Gasteiger partial charge on any atom is -0.480 e. The molecule has 2 saturated heterocycles. The van der Waals surface area contributed by atoms with Crippen LogP contribution in [-0.2, 0) is 9.59 Å². The number of nitrogens with zero attached hydrogens (tertiary/aromatic N) is 2. The number of hydrogen-bond donors (Lipinski definition) is 4. The molecule has 0 aliphatic carbocycles. The molecule has 0 radical (unpaired) electrons. The average molecular weight is 386 g/mol. The van der Waals surface area contributed by atoms with Crippen molar-refractivity contribution in [3.05, 3.63) is 0 Å². The fraction of sp³-hybridized carbons (Fsp3) is 0.765. The lowest BCUT2D eigenvalue weighted by Crippen LogP contribution is -2.50. The summed E-state index contributed by atoms with van der Waals surface area (Å²) in [5.74, 6) is -2.02. The van der Waals surface area contributed by atoms with E-state index in [1.165, 1.54) is 0 Å². The van der Waals surface area contributed by atoms with Crippen molar-refractivity contribution in [2.45, 2.75) is 57.0 Å². The van der Waals surface area contributed by atoms with E-state index in [0.29, 0.717) is 12.8 Å². The smallest absolute Gasteiger partial charge is 0.408 e. The Hall–Kier alpha value is -2.52. The molecule has 152 valence electrons. The maximum Gasteiger partial charge on any atom is 0.408 e. The number of carboxylic acids is 2. The van der Waals surface area contributed by atoms with Gasteiger partial charge in [0.15, 0.2) is 0 Å². The van der Waals surface area contributed by atoms with Gasteiger partial charge in [-0.15, -0.1) is 0 Å². The normalized spacial score (nSPS) is 28.6. The van der Waals surface area contributed by atoms with Gasteiger partial charge in [-0.25, -0.2) is 19.2 Å². The van der Waals surface area contributed by atoms with Gasteiger partial charge in [-0.1, -0.05) is 19.3 Å². The molecule has 2 heterocycles. The first-order chi connectivity index (χ1) is 12.7. The van der Waals surface area contributed by atoms with Crippen LogP contribution in [0.3, 0.4) is 0 Å². The maximum absolute atomic E-state index is 11.3. The molecular formula is C17H26N2O8. The van der Waals surface area contributed by atoms with E-state index in [-0.39, 0.29) is 37.8 Å². The quantitative estimate of drug-likeness (QED) is 0.539. The topological polar surface area (TPSA) is 156 Å². The second-order valence-corrected chi connectivity index (χ2v) is 7.37. The minimum atomic E-state index is -1.22. The highest BCUT2D eigenvalue weighted by Crippen LogP contribution is 2.31. The van der Waals surface area contributed by atoms with Crippen LogP contribution in [0.5, 0.6) is 0 Å². The lowest BCUT2D eigenvalue weighted by Gasteiger charge is -2.36. The summed E-state index contributed by atoms with van der Waals surface area (Å²) in [5.41, 5.74) is 0. The molecule has 4 unspecified atom stereocenters. The van der Waals surface area contributed by atoms with Gasteiger partial charge in [0.2, 0.25) is 0 Å². The Bertz CT molecular complexity index is 545. The molecule has 0 aromatic carbocycles. The van der Waals surface area contributed by atoms with E-state index >= 15 is 0 Å². The number of hydrogen-bond acceptors (Lipinski definition) is 4. The van der Waals surface area contributed by atoms with E-state index in [1.807, 2.05) is 0 Å². The first-order valence-electron chi connectivity index (χ1n) is 9.15. The predicted octanol–water partition coefficient (Wildman–Crippen LogP) is 1.84. The highest BCUT2D eigenvalue weighted by atomic mass is 16.4. The molecule has 0 aromatic rings. The van der Waals surface area contributed by atoms with Crippen molar-refractivity contribution in [3.8, 4) is 0 Å². The van der Waals surface area contributed by atoms with Crippen molar-refractivity contribution in [1.82, 2.24) is 9.80 Å². The van der Waals surface area contributed by atoms with Gasteiger partial charge in [-0.05, 0) is 37.5 Å². The molecule has 4 N–H and O–H groups in total. The molecule has 2 rings (SSSR count). The zero-order chi connectivity index (χ0) is 20.1. The number of aliphatic carboxylic acids is 2. The molecule has 2 amide bonds. The Kier molecular flexibility index (Phi) is 6.86. The summed E-state index contributed by atoms with van der Waals surface area (Å²) in [6, 6.07) is -2.03. The van der Waals surface area contributed by atoms with Crippen LogP contribution in [0.2, 0.25) is 0 Å². The second-order valence-electron chi connectivity index (χ2n) is 7.37. The molecule has 2 aliphatic rings. The van der Waals surface area contributed by atoms with Gasteiger partial charge >= 0.3 is 24.1 Å². The van der Waals surface area contributed by atoms with E-state index < -0.39 is 36.2 Å². The number of piperidine rings is 2. The van der Waals surface area contributed by atoms with E-state index in [2.05, 4.69) is 0 Å². The van der Waals surface area contributed by atoms with Crippen LogP contribution in [0, 0.1) is 11.8 Å². The van der Waals surface area contributed by atoms with Gasteiger partial charge in [0.05, 0.1) is 0 Å². The van der Waals surface area contributed by atoms with Gasteiger partial charge in [-0.3, -0.25) is 9.80 Å². The van der Waals surface area contributed by atoms with E-state index in [9.17, 15) is 29.4 Å². The molecule has 0 saturated carbocycles. The third-order valence-electron chi connectivity index (χ3n) is 5.71. The molecule has 0 aromatic heterocycles. The molecule has 10 nitrogen and oxygen atoms in total. The summed E-state index contributed by atoms with van der Waals surface area (Å²) in [5, 5.41) is 36.7. The summed E-state index contributed by atoms with van der Waals surface area (Å²) < 4.78 is 0. The summed E-state index contributed by atoms with van der Waals surface area (Å²) in [7, 11) is 0. The second kappa shape index (κ2) is 8.92. The molecule has 10 heteroatoms. The fourth-order valence-electron chi connectivity index (χ4n) is 4.22. The summed E-state index contributed by atoms with van der Waals surface area (Å²) in [6.07, 6.45) is 1.68. The van der Waals surface area contributed by atoms with Gasteiger partial charge in [0.1, 0.15) is 12.1 Å². The molecule has 2 aliphatic heterocycles. The van der Waals surface area contributed by atoms with Crippen LogP contribution >= 0.6 is 0 Å². The highest BCUT2D eigenvalue weighted by molar-refractivity contribution is 5.80. The van der Waals surface area contributed by atoms with Gasteiger partial charge in [0, 0.05) is 13.1 Å². The first-order valence-corrected chi connectivity index (χ1v) is 9.15. The molecule has 2 fully saturated rings. The van der Waals surface area contributed by atoms with Crippen LogP contribution in [0.4, 0.5) is 9.59 Å². The van der Waals surface area contributed by atoms with Crippen molar-refractivity contribution in [3.63, 3.8) is 0 Å². The van der Waals surface area contributed by atoms with Crippen molar-refractivity contribution >= 4 is 24.1 Å². The van der Waals surface area contributed by atoms with Crippen LogP contribution in [0.25, 0.3) is 0 Å². The number of carbonyl (C=O) groups is 4. The van der Waals surface area contributed by atoms with Crippen LogP contribution < -0.4 is 0 Å². The fourth-order valence-corrected chi connectivity index (χ4v) is 4.22. The summed E-state index contributed by atoms with van der Waals surface area (Å²) in [4.78, 5) is 46.8. The summed E-state index contributed by atoms with van der Waals surface area (Å²) >= 11 is 0. The summed E-state index contributed by atoms with van der Waals surface area (Å²) in [6.45, 7) is 0.407. The van der Waals surface area contributed by atoms with Crippen molar-refractivity contribution in [2.75, 3.05) is 13.1 Å². The minimum absolute atomic E-state index is 0.121. The lowest BCUT2D eigenvalue weighted by atomic mass is 9.83. The number of likely N-dealkylation sites (tertiary alicyclic amines) is 2. The largest absolute Gasteiger partial charge is 0.480 e. The third kappa shape index (κ3) is 5.24. The SMILES string of the molecule is O=C(O)C1CC(CCCC2CCN(C(=O)O)C(C(=O)O)C2)CCN1C(=O)O. The number of carboxylic acid groups (broad SMARTS) is 4. The average Bonchev–Trinajstić information content (AvgIpc) is 2.61. The lowest BCUT2D eigenvalue weighted by molar-refractivity contribution is -0.145. The van der Waals surface area contributed by atoms with E-state index in [0.717, 1.165) is 29.1 Å². The first kappa shape index (κ1) is 20.8. The highest BCUT2D eigenvalue weighted by Gasteiger charge is 2.37. The molecule has 0 spiro atoms. The molecule has 4 atom stereocenters. The van der Waals surface area contributed by atoms with Crippen LogP contribution in [0.1, 0.15) is 44.9 Å². The van der Waals surface area contributed by atoms with E-state index in [4.69, 9.17) is 10.2 Å². The van der Waals surface area contributed by atoms with Gasteiger partial charge in [-0.2, -0.15) is 0 Å². The number of rotatable bonds is 6. The number of amides is 2. The Morgan fingerprint density at radius 3 is 1.37 bits per heavy atom. The standard InChI is InChI=1S/C17H26N2O8/c20-14(21)12-8-10(4-6-18(12)16(24)25)2-1-3-11-5-7-19(17(26)27)13(9-11)15(22)23/h10-13H,1-9H2,(H,20,21)(H,22,23)(H,24,25)(H,26,27). The monoisotopic (exact) mass is 386 g/mol. The Labute approximate surface area is 156 Å². The van der Waals surface area contributed by atoms with Gasteiger partial charge in [0.25, 0.3) is 0 Å². The zero-order valence-corrected chi connectivity index (χ0v) is 15.0. The molecule has 0 bridgehead atoms. The van der Waals surface area contributed by atoms with E-state index in [1.54, 1.807) is 0 Å². The predicted molar refractivity (Wildman–Crippen MR) is 91.6 cm³/mol. The zero-order valence-electron chi connectivity index (χ0n) is 15.0. The van der Waals surface area contributed by atoms with Crippen LogP contribution in [-0.4, -0.2) is 79.5 Å². The molecule has 27 heavy (non-hydrogen) atoms. The Morgan fingerprint density at radius 2 is 1.07 bits per heavy atom. The Morgan fingerprint density at radius 1 is 0.704 bits per heavy atom. The van der Waals surface area contributed by atoms with Crippen molar-refractivity contribution < 1.29 is 39.6 Å². The van der Waals surface area contributed by atoms with Gasteiger partial charge < -0.3 is 20.4 Å². The molecular weight excluding hydrogens is 360 g/mol.